The molecule has 0 heterocycles. The number of carbonyl (C=O) groups excluding carboxylic acids is 2. The normalized spacial score (nSPS) is 13.7. The van der Waals surface area contributed by atoms with Crippen LogP contribution in [0.4, 0.5) is 4.79 Å². The summed E-state index contributed by atoms with van der Waals surface area (Å²) in [6.07, 6.45) is 2.68. The molecule has 24 heavy (non-hydrogen) atoms. The molecule has 0 aromatic rings. The first-order valence-electron chi connectivity index (χ1n) is 8.55. The van der Waals surface area contributed by atoms with E-state index >= 15 is 0 Å². The number of rotatable bonds is 10. The maximum atomic E-state index is 11.8. The number of carbonyl (C=O) groups is 3. The van der Waals surface area contributed by atoms with Gasteiger partial charge in [-0.1, -0.05) is 26.7 Å². The van der Waals surface area contributed by atoms with Crippen molar-refractivity contribution in [1.29, 1.82) is 0 Å². The highest BCUT2D eigenvalue weighted by atomic mass is 16.6. The number of hydrogen-bond acceptors (Lipinski definition) is 4. The third-order valence-electron chi connectivity index (χ3n) is 3.54. The van der Waals surface area contributed by atoms with E-state index in [0.29, 0.717) is 19.4 Å². The lowest BCUT2D eigenvalue weighted by Crippen LogP contribution is -2.44. The van der Waals surface area contributed by atoms with Crippen molar-refractivity contribution < 1.29 is 24.2 Å². The van der Waals surface area contributed by atoms with Crippen molar-refractivity contribution in [3.63, 3.8) is 0 Å². The largest absolute Gasteiger partial charge is 0.480 e. The minimum atomic E-state index is -1.00. The molecule has 0 saturated heterocycles. The molecule has 0 aromatic carbocycles. The summed E-state index contributed by atoms with van der Waals surface area (Å²) in [5.41, 5.74) is -0.515. The standard InChI is InChI=1S/C17H32N2O5/c1-6-12(2)14(15(21)22)19-13(20)10-8-7-9-11-18-16(23)24-17(3,4)5/h12,14H,6-11H2,1-5H3,(H,18,23)(H,19,20)(H,21,22)/t12?,14-/m0/s1. The average molecular weight is 344 g/mol. The lowest BCUT2D eigenvalue weighted by Gasteiger charge is -2.20. The van der Waals surface area contributed by atoms with Gasteiger partial charge in [0.2, 0.25) is 5.91 Å². The molecule has 0 rings (SSSR count). The topological polar surface area (TPSA) is 105 Å². The summed E-state index contributed by atoms with van der Waals surface area (Å²) in [4.78, 5) is 34.4. The predicted octanol–water partition coefficient (Wildman–Crippen LogP) is 2.69. The summed E-state index contributed by atoms with van der Waals surface area (Å²) in [5, 5.41) is 14.4. The fraction of sp³-hybridized carbons (Fsp3) is 0.824. The van der Waals surface area contributed by atoms with E-state index in [2.05, 4.69) is 10.6 Å². The van der Waals surface area contributed by atoms with Crippen LogP contribution in [-0.2, 0) is 14.3 Å². The van der Waals surface area contributed by atoms with Crippen LogP contribution in [0.15, 0.2) is 0 Å². The third kappa shape index (κ3) is 10.9. The Balaban J connectivity index is 3.86. The second kappa shape index (κ2) is 10.9. The molecule has 0 aromatic heterocycles. The van der Waals surface area contributed by atoms with Gasteiger partial charge >= 0.3 is 12.1 Å². The zero-order chi connectivity index (χ0) is 18.8. The minimum absolute atomic E-state index is 0.107. The van der Waals surface area contributed by atoms with E-state index in [0.717, 1.165) is 12.8 Å². The number of nitrogens with one attached hydrogen (secondary N) is 2. The van der Waals surface area contributed by atoms with Gasteiger partial charge in [0, 0.05) is 13.0 Å². The van der Waals surface area contributed by atoms with Crippen molar-refractivity contribution in [1.82, 2.24) is 10.6 Å². The maximum Gasteiger partial charge on any atom is 0.407 e. The van der Waals surface area contributed by atoms with E-state index in [1.54, 1.807) is 27.7 Å². The van der Waals surface area contributed by atoms with Crippen LogP contribution in [0.3, 0.4) is 0 Å². The van der Waals surface area contributed by atoms with Gasteiger partial charge in [-0.25, -0.2) is 9.59 Å². The van der Waals surface area contributed by atoms with Gasteiger partial charge < -0.3 is 20.5 Å². The number of hydrogen-bond donors (Lipinski definition) is 3. The summed E-state index contributed by atoms with van der Waals surface area (Å²) in [7, 11) is 0. The summed E-state index contributed by atoms with van der Waals surface area (Å²) in [6.45, 7) is 9.59. The Labute approximate surface area is 144 Å². The highest BCUT2D eigenvalue weighted by Gasteiger charge is 2.24. The minimum Gasteiger partial charge on any atom is -0.480 e. The van der Waals surface area contributed by atoms with Crippen LogP contribution in [0, 0.1) is 5.92 Å². The SMILES string of the molecule is CCC(C)[C@H](NC(=O)CCCCCNC(=O)OC(C)(C)C)C(=O)O. The molecule has 2 atom stereocenters. The molecule has 0 radical (unpaired) electrons. The number of alkyl carbamates (subject to hydrolysis) is 1. The summed E-state index contributed by atoms with van der Waals surface area (Å²) < 4.78 is 5.11. The molecule has 0 saturated carbocycles. The van der Waals surface area contributed by atoms with Crippen molar-refractivity contribution in [3.8, 4) is 0 Å². The third-order valence-corrected chi connectivity index (χ3v) is 3.54. The maximum absolute atomic E-state index is 11.8. The van der Waals surface area contributed by atoms with Crippen molar-refractivity contribution in [2.24, 2.45) is 5.92 Å². The van der Waals surface area contributed by atoms with Crippen LogP contribution in [0.25, 0.3) is 0 Å². The van der Waals surface area contributed by atoms with Crippen molar-refractivity contribution in [3.05, 3.63) is 0 Å². The quantitative estimate of drug-likeness (QED) is 0.529. The van der Waals surface area contributed by atoms with Crippen LogP contribution >= 0.6 is 0 Å². The highest BCUT2D eigenvalue weighted by Crippen LogP contribution is 2.09. The second-order valence-electron chi connectivity index (χ2n) is 7.01. The zero-order valence-corrected chi connectivity index (χ0v) is 15.5. The molecule has 1 unspecified atom stereocenters. The first-order chi connectivity index (χ1) is 11.1. The van der Waals surface area contributed by atoms with E-state index in [1.807, 2.05) is 6.92 Å². The number of aliphatic carboxylic acids is 1. The van der Waals surface area contributed by atoms with Gasteiger partial charge in [-0.15, -0.1) is 0 Å². The summed E-state index contributed by atoms with van der Waals surface area (Å²) >= 11 is 0. The Hall–Kier alpha value is -1.79. The van der Waals surface area contributed by atoms with E-state index < -0.39 is 23.7 Å². The monoisotopic (exact) mass is 344 g/mol. The molecule has 0 spiro atoms. The highest BCUT2D eigenvalue weighted by molar-refractivity contribution is 5.83. The Bertz CT molecular complexity index is 418. The zero-order valence-electron chi connectivity index (χ0n) is 15.5. The van der Waals surface area contributed by atoms with Crippen molar-refractivity contribution in [2.45, 2.75) is 78.4 Å². The number of carboxylic acid groups (broad SMARTS) is 1. The average Bonchev–Trinajstić information content (AvgIpc) is 2.45. The molecule has 0 aliphatic heterocycles. The molecular formula is C17H32N2O5. The first kappa shape index (κ1) is 22.2. The number of carboxylic acids is 1. The van der Waals surface area contributed by atoms with Crippen LogP contribution in [0.2, 0.25) is 0 Å². The molecule has 0 bridgehead atoms. The second-order valence-corrected chi connectivity index (χ2v) is 7.01. The van der Waals surface area contributed by atoms with E-state index in [9.17, 15) is 14.4 Å². The smallest absolute Gasteiger partial charge is 0.407 e. The fourth-order valence-electron chi connectivity index (χ4n) is 2.02. The van der Waals surface area contributed by atoms with Gasteiger partial charge in [-0.2, -0.15) is 0 Å². The van der Waals surface area contributed by atoms with Crippen molar-refractivity contribution >= 4 is 18.0 Å². The molecular weight excluding hydrogens is 312 g/mol. The van der Waals surface area contributed by atoms with Crippen LogP contribution in [0.5, 0.6) is 0 Å². The summed E-state index contributed by atoms with van der Waals surface area (Å²) in [6, 6.07) is -0.837. The van der Waals surface area contributed by atoms with Crippen molar-refractivity contribution in [2.75, 3.05) is 6.54 Å². The van der Waals surface area contributed by atoms with Gasteiger partial charge in [-0.05, 0) is 39.5 Å². The molecule has 0 fully saturated rings. The molecule has 0 aliphatic carbocycles. The molecule has 7 nitrogen and oxygen atoms in total. The van der Waals surface area contributed by atoms with Gasteiger partial charge in [0.15, 0.2) is 0 Å². The molecule has 7 heteroatoms. The Morgan fingerprint density at radius 3 is 2.25 bits per heavy atom. The first-order valence-corrected chi connectivity index (χ1v) is 8.55. The Morgan fingerprint density at radius 2 is 1.75 bits per heavy atom. The van der Waals surface area contributed by atoms with Crippen LogP contribution in [-0.4, -0.2) is 41.3 Å². The lowest BCUT2D eigenvalue weighted by molar-refractivity contribution is -0.143. The van der Waals surface area contributed by atoms with Gasteiger partial charge in [0.1, 0.15) is 11.6 Å². The number of ether oxygens (including phenoxy) is 1. The van der Waals surface area contributed by atoms with Gasteiger partial charge in [0.05, 0.1) is 0 Å². The lowest BCUT2D eigenvalue weighted by atomic mass is 9.99. The van der Waals surface area contributed by atoms with E-state index in [-0.39, 0.29) is 18.2 Å². The predicted molar refractivity (Wildman–Crippen MR) is 91.7 cm³/mol. The van der Waals surface area contributed by atoms with Gasteiger partial charge in [-0.3, -0.25) is 4.79 Å². The molecule has 3 N–H and O–H groups in total. The van der Waals surface area contributed by atoms with E-state index in [1.165, 1.54) is 0 Å². The van der Waals surface area contributed by atoms with E-state index in [4.69, 9.17) is 9.84 Å². The molecule has 140 valence electrons. The fourth-order valence-corrected chi connectivity index (χ4v) is 2.02. The number of unbranched alkanes of at least 4 members (excludes halogenated alkanes) is 2. The van der Waals surface area contributed by atoms with Crippen LogP contribution in [0.1, 0.15) is 66.7 Å². The molecule has 2 amide bonds. The summed E-state index contributed by atoms with van der Waals surface area (Å²) in [5.74, 6) is -1.36. The number of amides is 2. The van der Waals surface area contributed by atoms with Crippen LogP contribution < -0.4 is 10.6 Å². The Kier molecular flexibility index (Phi) is 10.1. The Morgan fingerprint density at radius 1 is 1.12 bits per heavy atom. The molecule has 0 aliphatic rings. The van der Waals surface area contributed by atoms with Gasteiger partial charge in [0.25, 0.3) is 0 Å².